The Bertz CT molecular complexity index is 579. The van der Waals surface area contributed by atoms with Crippen molar-refractivity contribution in [3.05, 3.63) is 33.4 Å². The number of Topliss-reactive ketones (excluding diaryl/α,β-unsaturated/α-hetero) is 1. The number of hydrogen-bond donors (Lipinski definition) is 0. The molecular weight excluding hydrogens is 224 g/mol. The first kappa shape index (κ1) is 9.95. The van der Waals surface area contributed by atoms with Gasteiger partial charge in [-0.05, 0) is 18.4 Å². The zero-order valence-corrected chi connectivity index (χ0v) is 8.80. The Labute approximate surface area is 96.0 Å². The number of amides is 1. The van der Waals surface area contributed by atoms with Gasteiger partial charge < -0.3 is 4.90 Å². The standard InChI is InChI=1S/C11H8N2O4/c14-10-8-5-7(13(16)17)4-6-2-1-3-12(9(6)8)11(10)15/h4-5H,1-3H2. The number of carbonyl (C=O) groups excluding carboxylic acids is 2. The SMILES string of the molecule is O=C1C(=O)N2CCCc3cc([N+](=O)[O-])cc1c32. The molecule has 1 amide bonds. The quantitative estimate of drug-likeness (QED) is 0.412. The van der Waals surface area contributed by atoms with Crippen molar-refractivity contribution < 1.29 is 14.5 Å². The average Bonchev–Trinajstić information content (AvgIpc) is 2.57. The number of carbonyl (C=O) groups is 2. The summed E-state index contributed by atoms with van der Waals surface area (Å²) in [4.78, 5) is 35.0. The van der Waals surface area contributed by atoms with Gasteiger partial charge >= 0.3 is 0 Å². The van der Waals surface area contributed by atoms with E-state index in [2.05, 4.69) is 0 Å². The number of aryl methyl sites for hydroxylation is 1. The fourth-order valence-electron chi connectivity index (χ4n) is 2.45. The molecule has 2 aliphatic rings. The van der Waals surface area contributed by atoms with Crippen molar-refractivity contribution in [2.45, 2.75) is 12.8 Å². The van der Waals surface area contributed by atoms with Gasteiger partial charge in [0.15, 0.2) is 0 Å². The lowest BCUT2D eigenvalue weighted by Crippen LogP contribution is -2.33. The molecule has 0 bridgehead atoms. The number of ketones is 1. The maximum Gasteiger partial charge on any atom is 0.299 e. The first-order chi connectivity index (χ1) is 8.09. The zero-order chi connectivity index (χ0) is 12.2. The van der Waals surface area contributed by atoms with E-state index < -0.39 is 16.6 Å². The van der Waals surface area contributed by atoms with Crippen molar-refractivity contribution in [1.82, 2.24) is 0 Å². The topological polar surface area (TPSA) is 80.5 Å². The normalized spacial score (nSPS) is 17.3. The van der Waals surface area contributed by atoms with Crippen LogP contribution in [0.15, 0.2) is 12.1 Å². The summed E-state index contributed by atoms with van der Waals surface area (Å²) in [6.45, 7) is 0.516. The number of benzene rings is 1. The molecule has 0 aromatic heterocycles. The summed E-state index contributed by atoms with van der Waals surface area (Å²) in [5.74, 6) is -1.20. The molecule has 2 aliphatic heterocycles. The maximum absolute atomic E-state index is 11.7. The van der Waals surface area contributed by atoms with E-state index >= 15 is 0 Å². The smallest absolute Gasteiger partial charge is 0.299 e. The molecule has 0 spiro atoms. The van der Waals surface area contributed by atoms with Crippen molar-refractivity contribution in [2.75, 3.05) is 11.4 Å². The monoisotopic (exact) mass is 232 g/mol. The summed E-state index contributed by atoms with van der Waals surface area (Å²) in [5.41, 5.74) is 1.36. The third-order valence-corrected chi connectivity index (χ3v) is 3.17. The average molecular weight is 232 g/mol. The number of hydrogen-bond acceptors (Lipinski definition) is 4. The van der Waals surface area contributed by atoms with E-state index in [1.165, 1.54) is 17.0 Å². The molecule has 0 aliphatic carbocycles. The number of nitro groups is 1. The fourth-order valence-corrected chi connectivity index (χ4v) is 2.45. The molecule has 3 rings (SSSR count). The molecule has 6 heteroatoms. The summed E-state index contributed by atoms with van der Waals surface area (Å²) in [6, 6.07) is 2.65. The molecule has 0 atom stereocenters. The first-order valence-electron chi connectivity index (χ1n) is 5.27. The maximum atomic E-state index is 11.7. The Morgan fingerprint density at radius 3 is 2.76 bits per heavy atom. The summed E-state index contributed by atoms with van der Waals surface area (Å²) >= 11 is 0. The van der Waals surface area contributed by atoms with Crippen LogP contribution in [0, 0.1) is 10.1 Å². The highest BCUT2D eigenvalue weighted by Gasteiger charge is 2.40. The van der Waals surface area contributed by atoms with Crippen LogP contribution in [0.1, 0.15) is 22.3 Å². The lowest BCUT2D eigenvalue weighted by Gasteiger charge is -2.24. The minimum atomic E-state index is -0.633. The lowest BCUT2D eigenvalue weighted by atomic mass is 9.99. The Morgan fingerprint density at radius 1 is 1.29 bits per heavy atom. The van der Waals surface area contributed by atoms with Gasteiger partial charge in [-0.25, -0.2) is 0 Å². The van der Waals surface area contributed by atoms with Gasteiger partial charge in [-0.3, -0.25) is 19.7 Å². The van der Waals surface area contributed by atoms with Crippen molar-refractivity contribution in [2.24, 2.45) is 0 Å². The Hall–Kier alpha value is -2.24. The van der Waals surface area contributed by atoms with E-state index in [-0.39, 0.29) is 11.3 Å². The third-order valence-electron chi connectivity index (χ3n) is 3.17. The van der Waals surface area contributed by atoms with Crippen LogP contribution in [-0.2, 0) is 11.2 Å². The molecule has 0 radical (unpaired) electrons. The van der Waals surface area contributed by atoms with E-state index in [1.54, 1.807) is 0 Å². The number of nitro benzene ring substituents is 1. The molecule has 86 valence electrons. The van der Waals surface area contributed by atoms with Crippen LogP contribution < -0.4 is 4.90 Å². The summed E-state index contributed by atoms with van der Waals surface area (Å²) in [6.07, 6.45) is 1.40. The highest BCUT2D eigenvalue weighted by molar-refractivity contribution is 6.52. The number of nitrogens with zero attached hydrogens (tertiary/aromatic N) is 2. The van der Waals surface area contributed by atoms with Gasteiger partial charge in [-0.2, -0.15) is 0 Å². The van der Waals surface area contributed by atoms with Crippen molar-refractivity contribution in [1.29, 1.82) is 0 Å². The second kappa shape index (κ2) is 3.13. The van der Waals surface area contributed by atoms with Crippen LogP contribution in [0.2, 0.25) is 0 Å². The molecular formula is C11H8N2O4. The molecule has 6 nitrogen and oxygen atoms in total. The van der Waals surface area contributed by atoms with Crippen LogP contribution in [0.4, 0.5) is 11.4 Å². The molecule has 0 saturated carbocycles. The van der Waals surface area contributed by atoms with Gasteiger partial charge in [0.1, 0.15) is 0 Å². The van der Waals surface area contributed by atoms with Gasteiger partial charge in [0, 0.05) is 18.7 Å². The Balaban J connectivity index is 2.29. The number of rotatable bonds is 1. The summed E-state index contributed by atoms with van der Waals surface area (Å²) < 4.78 is 0. The minimum absolute atomic E-state index is 0.122. The second-order valence-electron chi connectivity index (χ2n) is 4.15. The molecule has 0 fully saturated rings. The Morgan fingerprint density at radius 2 is 2.06 bits per heavy atom. The molecule has 0 N–H and O–H groups in total. The van der Waals surface area contributed by atoms with E-state index in [4.69, 9.17) is 0 Å². The highest BCUT2D eigenvalue weighted by atomic mass is 16.6. The van der Waals surface area contributed by atoms with Crippen LogP contribution >= 0.6 is 0 Å². The van der Waals surface area contributed by atoms with Gasteiger partial charge in [0.05, 0.1) is 16.2 Å². The van der Waals surface area contributed by atoms with Gasteiger partial charge in [-0.1, -0.05) is 0 Å². The summed E-state index contributed by atoms with van der Waals surface area (Å²) in [5, 5.41) is 10.8. The van der Waals surface area contributed by atoms with E-state index in [0.29, 0.717) is 18.7 Å². The van der Waals surface area contributed by atoms with E-state index in [0.717, 1.165) is 12.0 Å². The van der Waals surface area contributed by atoms with Crippen molar-refractivity contribution in [3.8, 4) is 0 Å². The van der Waals surface area contributed by atoms with Crippen LogP contribution in [0.5, 0.6) is 0 Å². The fraction of sp³-hybridized carbons (Fsp3) is 0.273. The minimum Gasteiger partial charge on any atom is -0.304 e. The largest absolute Gasteiger partial charge is 0.304 e. The summed E-state index contributed by atoms with van der Waals surface area (Å²) in [7, 11) is 0. The van der Waals surface area contributed by atoms with Crippen LogP contribution in [0.3, 0.4) is 0 Å². The predicted octanol–water partition coefficient (Wildman–Crippen LogP) is 1.07. The Kier molecular flexibility index (Phi) is 1.83. The zero-order valence-electron chi connectivity index (χ0n) is 8.80. The highest BCUT2D eigenvalue weighted by Crippen LogP contribution is 2.39. The third kappa shape index (κ3) is 1.20. The van der Waals surface area contributed by atoms with Crippen molar-refractivity contribution in [3.63, 3.8) is 0 Å². The van der Waals surface area contributed by atoms with Crippen LogP contribution in [-0.4, -0.2) is 23.2 Å². The van der Waals surface area contributed by atoms with E-state index in [1.807, 2.05) is 0 Å². The molecule has 0 saturated heterocycles. The van der Waals surface area contributed by atoms with Gasteiger partial charge in [0.2, 0.25) is 0 Å². The molecule has 1 aromatic rings. The predicted molar refractivity (Wildman–Crippen MR) is 58.1 cm³/mol. The first-order valence-corrected chi connectivity index (χ1v) is 5.27. The van der Waals surface area contributed by atoms with Crippen molar-refractivity contribution >= 4 is 23.1 Å². The van der Waals surface area contributed by atoms with Crippen LogP contribution in [0.25, 0.3) is 0 Å². The van der Waals surface area contributed by atoms with Gasteiger partial charge in [-0.15, -0.1) is 0 Å². The van der Waals surface area contributed by atoms with E-state index in [9.17, 15) is 19.7 Å². The van der Waals surface area contributed by atoms with Gasteiger partial charge in [0.25, 0.3) is 17.4 Å². The second-order valence-corrected chi connectivity index (χ2v) is 4.15. The number of non-ortho nitro benzene ring substituents is 1. The lowest BCUT2D eigenvalue weighted by molar-refractivity contribution is -0.384. The molecule has 17 heavy (non-hydrogen) atoms. The molecule has 0 unspecified atom stereocenters. The molecule has 2 heterocycles. The number of anilines is 1. The molecule has 1 aromatic carbocycles.